The fourth-order valence-electron chi connectivity index (χ4n) is 1.01. The first-order valence-corrected chi connectivity index (χ1v) is 6.67. The summed E-state index contributed by atoms with van der Waals surface area (Å²) in [4.78, 5) is 0. The van der Waals surface area contributed by atoms with Crippen molar-refractivity contribution in [2.45, 2.75) is 24.8 Å². The van der Waals surface area contributed by atoms with Crippen LogP contribution >= 0.6 is 23.5 Å². The molecular formula is C9H13N3OS2. The molecule has 1 aromatic heterocycles. The first-order chi connectivity index (χ1) is 7.40. The van der Waals surface area contributed by atoms with Gasteiger partial charge in [-0.1, -0.05) is 25.1 Å². The van der Waals surface area contributed by atoms with Gasteiger partial charge in [-0.25, -0.2) is 0 Å². The molecule has 0 amide bonds. The highest BCUT2D eigenvalue weighted by atomic mass is 32.2. The average Bonchev–Trinajstić information content (AvgIpc) is 2.60. The Labute approximate surface area is 97.4 Å². The molecule has 0 radical (unpaired) electrons. The van der Waals surface area contributed by atoms with E-state index in [1.165, 1.54) is 24.6 Å². The summed E-state index contributed by atoms with van der Waals surface area (Å²) < 4.78 is 13.9. The molecule has 0 unspecified atom stereocenters. The van der Waals surface area contributed by atoms with Gasteiger partial charge in [0.25, 0.3) is 5.88 Å². The lowest BCUT2D eigenvalue weighted by Crippen LogP contribution is -2.25. The molecule has 0 atom stereocenters. The topological polar surface area (TPSA) is 47.0 Å². The van der Waals surface area contributed by atoms with E-state index in [2.05, 4.69) is 21.0 Å². The molecule has 6 heteroatoms. The maximum atomic E-state index is 5.57. The smallest absolute Gasteiger partial charge is 0.265 e. The van der Waals surface area contributed by atoms with E-state index in [9.17, 15) is 0 Å². The Morgan fingerprint density at radius 1 is 1.60 bits per heavy atom. The van der Waals surface area contributed by atoms with Crippen molar-refractivity contribution in [1.82, 2.24) is 14.1 Å². The number of nitrogens with one attached hydrogen (secondary N) is 1. The summed E-state index contributed by atoms with van der Waals surface area (Å²) in [5.41, 5.74) is 0. The van der Waals surface area contributed by atoms with Gasteiger partial charge in [-0.3, -0.25) is 0 Å². The summed E-state index contributed by atoms with van der Waals surface area (Å²) in [6.07, 6.45) is 4.25. The van der Waals surface area contributed by atoms with Crippen LogP contribution in [-0.4, -0.2) is 21.0 Å². The molecule has 1 aliphatic rings. The second-order valence-electron chi connectivity index (χ2n) is 3.17. The van der Waals surface area contributed by atoms with Crippen LogP contribution in [0.1, 0.15) is 19.8 Å². The molecule has 4 nitrogen and oxygen atoms in total. The second kappa shape index (κ2) is 5.37. The maximum absolute atomic E-state index is 5.57. The van der Waals surface area contributed by atoms with Crippen LogP contribution in [0.25, 0.3) is 0 Å². The molecular weight excluding hydrogens is 230 g/mol. The molecule has 0 spiro atoms. The number of aromatic nitrogens is 2. The van der Waals surface area contributed by atoms with E-state index in [-0.39, 0.29) is 0 Å². The number of hydrogen-bond acceptors (Lipinski definition) is 6. The number of unbranched alkanes of at least 4 members (excludes halogenated alkanes) is 1. The van der Waals surface area contributed by atoms with Gasteiger partial charge in [0.15, 0.2) is 5.03 Å². The highest BCUT2D eigenvalue weighted by molar-refractivity contribution is 7.99. The Morgan fingerprint density at radius 2 is 2.47 bits per heavy atom. The molecule has 1 aliphatic heterocycles. The van der Waals surface area contributed by atoms with Crippen LogP contribution < -0.4 is 10.1 Å². The SMILES string of the molecule is CCCCSc1nsnc1OC1=CNC1. The quantitative estimate of drug-likeness (QED) is 0.613. The van der Waals surface area contributed by atoms with Crippen LogP contribution in [-0.2, 0) is 0 Å². The molecule has 2 rings (SSSR count). The molecule has 15 heavy (non-hydrogen) atoms. The molecule has 1 aromatic rings. The Morgan fingerprint density at radius 3 is 3.13 bits per heavy atom. The summed E-state index contributed by atoms with van der Waals surface area (Å²) >= 11 is 2.93. The van der Waals surface area contributed by atoms with Crippen molar-refractivity contribution in [2.24, 2.45) is 0 Å². The number of thioether (sulfide) groups is 1. The van der Waals surface area contributed by atoms with E-state index < -0.39 is 0 Å². The van der Waals surface area contributed by atoms with Gasteiger partial charge < -0.3 is 10.1 Å². The van der Waals surface area contributed by atoms with Crippen LogP contribution in [0.3, 0.4) is 0 Å². The van der Waals surface area contributed by atoms with E-state index in [0.29, 0.717) is 5.88 Å². The molecule has 0 aliphatic carbocycles. The first-order valence-electron chi connectivity index (χ1n) is 4.95. The van der Waals surface area contributed by atoms with Gasteiger partial charge in [-0.2, -0.15) is 4.37 Å². The normalized spacial score (nSPS) is 14.1. The zero-order chi connectivity index (χ0) is 10.5. The molecule has 1 N–H and O–H groups in total. The molecule has 82 valence electrons. The third-order valence-corrected chi connectivity index (χ3v) is 3.59. The van der Waals surface area contributed by atoms with Gasteiger partial charge in [0.1, 0.15) is 5.76 Å². The van der Waals surface area contributed by atoms with E-state index in [0.717, 1.165) is 23.1 Å². The third kappa shape index (κ3) is 2.85. The van der Waals surface area contributed by atoms with Gasteiger partial charge in [0, 0.05) is 6.20 Å². The van der Waals surface area contributed by atoms with E-state index in [1.807, 2.05) is 6.20 Å². The molecule has 0 saturated carbocycles. The Bertz CT molecular complexity index is 351. The largest absolute Gasteiger partial charge is 0.437 e. The molecule has 0 aromatic carbocycles. The van der Waals surface area contributed by atoms with Crippen LogP contribution in [0.15, 0.2) is 17.0 Å². The number of ether oxygens (including phenoxy) is 1. The van der Waals surface area contributed by atoms with E-state index >= 15 is 0 Å². The minimum atomic E-state index is 0.661. The average molecular weight is 243 g/mol. The maximum Gasteiger partial charge on any atom is 0.265 e. The summed E-state index contributed by atoms with van der Waals surface area (Å²) in [6.45, 7) is 2.97. The lowest BCUT2D eigenvalue weighted by atomic mass is 10.4. The van der Waals surface area contributed by atoms with Crippen molar-refractivity contribution >= 4 is 23.5 Å². The van der Waals surface area contributed by atoms with Crippen LogP contribution in [0, 0.1) is 0 Å². The highest BCUT2D eigenvalue weighted by Crippen LogP contribution is 2.29. The second-order valence-corrected chi connectivity index (χ2v) is 4.78. The minimum absolute atomic E-state index is 0.661. The summed E-state index contributed by atoms with van der Waals surface area (Å²) in [7, 11) is 0. The Hall–Kier alpha value is -0.750. The molecule has 0 fully saturated rings. The summed E-state index contributed by atoms with van der Waals surface area (Å²) in [6, 6.07) is 0. The first kappa shape index (κ1) is 10.8. The van der Waals surface area contributed by atoms with Crippen molar-refractivity contribution in [2.75, 3.05) is 12.3 Å². The monoisotopic (exact) mass is 243 g/mol. The fourth-order valence-corrected chi connectivity index (χ4v) is 2.61. The minimum Gasteiger partial charge on any atom is -0.437 e. The van der Waals surface area contributed by atoms with Crippen LogP contribution in [0.4, 0.5) is 0 Å². The van der Waals surface area contributed by atoms with Crippen molar-refractivity contribution in [3.8, 4) is 5.88 Å². The van der Waals surface area contributed by atoms with E-state index in [1.54, 1.807) is 11.8 Å². The highest BCUT2D eigenvalue weighted by Gasteiger charge is 2.14. The lowest BCUT2D eigenvalue weighted by Gasteiger charge is -2.15. The van der Waals surface area contributed by atoms with Gasteiger partial charge in [-0.15, -0.1) is 4.37 Å². The van der Waals surface area contributed by atoms with Gasteiger partial charge in [0.05, 0.1) is 18.3 Å². The van der Waals surface area contributed by atoms with Crippen LogP contribution in [0.2, 0.25) is 0 Å². The van der Waals surface area contributed by atoms with Crippen molar-refractivity contribution in [1.29, 1.82) is 0 Å². The lowest BCUT2D eigenvalue weighted by molar-refractivity contribution is 0.363. The van der Waals surface area contributed by atoms with Gasteiger partial charge >= 0.3 is 0 Å². The predicted octanol–water partition coefficient (Wildman–Crippen LogP) is 2.25. The number of nitrogens with zero attached hydrogens (tertiary/aromatic N) is 2. The molecule has 0 saturated heterocycles. The van der Waals surface area contributed by atoms with Gasteiger partial charge in [-0.05, 0) is 12.2 Å². The standard InChI is InChI=1S/C9H13N3OS2/c1-2-3-4-14-9-8(11-15-12-9)13-7-5-10-6-7/h5,10H,2-4,6H2,1H3. The third-order valence-electron chi connectivity index (χ3n) is 1.93. The summed E-state index contributed by atoms with van der Waals surface area (Å²) in [5.74, 6) is 2.67. The summed E-state index contributed by atoms with van der Waals surface area (Å²) in [5, 5.41) is 3.92. The molecule has 2 heterocycles. The van der Waals surface area contributed by atoms with Crippen molar-refractivity contribution in [3.05, 3.63) is 12.0 Å². The fraction of sp³-hybridized carbons (Fsp3) is 0.556. The predicted molar refractivity (Wildman–Crippen MR) is 62.3 cm³/mol. The van der Waals surface area contributed by atoms with Crippen LogP contribution in [0.5, 0.6) is 5.88 Å². The molecule has 0 bridgehead atoms. The Kier molecular flexibility index (Phi) is 3.85. The zero-order valence-electron chi connectivity index (χ0n) is 8.52. The zero-order valence-corrected chi connectivity index (χ0v) is 10.2. The number of rotatable bonds is 6. The van der Waals surface area contributed by atoms with Crippen molar-refractivity contribution in [3.63, 3.8) is 0 Å². The van der Waals surface area contributed by atoms with E-state index in [4.69, 9.17) is 4.74 Å². The number of hydrogen-bond donors (Lipinski definition) is 1. The Balaban J connectivity index is 1.89. The van der Waals surface area contributed by atoms with Gasteiger partial charge in [0.2, 0.25) is 0 Å². The van der Waals surface area contributed by atoms with Crippen molar-refractivity contribution < 1.29 is 4.74 Å².